The fourth-order valence-electron chi connectivity index (χ4n) is 3.16. The smallest absolute Gasteiger partial charge is 0.131 e. The second kappa shape index (κ2) is 7.38. The fraction of sp³-hybridized carbons (Fsp3) is 0.368. The van der Waals surface area contributed by atoms with E-state index >= 15 is 0 Å². The summed E-state index contributed by atoms with van der Waals surface area (Å²) >= 11 is 0. The topological polar surface area (TPSA) is 26.1 Å². The highest BCUT2D eigenvalue weighted by molar-refractivity contribution is 5.46. The van der Waals surface area contributed by atoms with Crippen molar-refractivity contribution in [1.82, 2.24) is 0 Å². The normalized spacial score (nSPS) is 15.5. The number of ether oxygens (including phenoxy) is 2. The van der Waals surface area contributed by atoms with Crippen LogP contribution in [0, 0.1) is 0 Å². The Hall–Kier alpha value is -2.20. The summed E-state index contributed by atoms with van der Waals surface area (Å²) < 4.78 is 10.8. The van der Waals surface area contributed by atoms with Crippen LogP contribution in [0.3, 0.4) is 0 Å². The molecule has 0 aliphatic carbocycles. The van der Waals surface area contributed by atoms with E-state index in [1.807, 2.05) is 12.1 Å². The lowest BCUT2D eigenvalue weighted by molar-refractivity contribution is -0.914. The summed E-state index contributed by atoms with van der Waals surface area (Å²) in [5.74, 6) is 1.76. The van der Waals surface area contributed by atoms with Gasteiger partial charge < -0.3 is 19.3 Å². The number of quaternary nitrogens is 1. The van der Waals surface area contributed by atoms with Gasteiger partial charge in [0.2, 0.25) is 0 Å². The van der Waals surface area contributed by atoms with Crippen molar-refractivity contribution in [3.63, 3.8) is 0 Å². The summed E-state index contributed by atoms with van der Waals surface area (Å²) in [6, 6.07) is 16.8. The number of methoxy groups -OCH3 is 2. The van der Waals surface area contributed by atoms with Crippen LogP contribution in [-0.2, 0) is 6.54 Å². The van der Waals surface area contributed by atoms with Crippen molar-refractivity contribution >= 4 is 5.69 Å². The van der Waals surface area contributed by atoms with Gasteiger partial charge in [-0.2, -0.15) is 0 Å². The Bertz CT molecular complexity index is 623. The molecule has 4 nitrogen and oxygen atoms in total. The quantitative estimate of drug-likeness (QED) is 0.908. The van der Waals surface area contributed by atoms with Crippen LogP contribution in [0.15, 0.2) is 48.5 Å². The van der Waals surface area contributed by atoms with Crippen LogP contribution >= 0.6 is 0 Å². The van der Waals surface area contributed by atoms with Gasteiger partial charge in [0, 0.05) is 17.3 Å². The molecule has 2 aromatic carbocycles. The average molecular weight is 313 g/mol. The van der Waals surface area contributed by atoms with Gasteiger partial charge >= 0.3 is 0 Å². The molecule has 0 unspecified atom stereocenters. The van der Waals surface area contributed by atoms with E-state index in [4.69, 9.17) is 9.47 Å². The molecule has 0 amide bonds. The molecule has 1 saturated heterocycles. The standard InChI is InChI=1S/C19H24N2O2/c1-22-18-9-8-16(19(14-18)23-2)15-20-10-12-21(13-11-20)17-6-4-3-5-7-17/h3-9,14H,10-13,15H2,1-2H3/p+1. The molecular formula is C19H25N2O2+. The van der Waals surface area contributed by atoms with Crippen molar-refractivity contribution in [2.75, 3.05) is 45.3 Å². The number of rotatable bonds is 5. The van der Waals surface area contributed by atoms with Crippen molar-refractivity contribution in [2.24, 2.45) is 0 Å². The number of nitrogens with one attached hydrogen (secondary N) is 1. The predicted molar refractivity (Wildman–Crippen MR) is 92.6 cm³/mol. The zero-order valence-electron chi connectivity index (χ0n) is 13.9. The number of piperazine rings is 1. The summed E-state index contributed by atoms with van der Waals surface area (Å²) in [5, 5.41) is 0. The second-order valence-electron chi connectivity index (χ2n) is 5.93. The SMILES string of the molecule is COc1ccc(C[NH+]2CCN(c3ccccc3)CC2)c(OC)c1. The van der Waals surface area contributed by atoms with Crippen LogP contribution in [0.25, 0.3) is 0 Å². The minimum atomic E-state index is 0.842. The Morgan fingerprint density at radius 1 is 0.957 bits per heavy atom. The monoisotopic (exact) mass is 313 g/mol. The Morgan fingerprint density at radius 2 is 1.70 bits per heavy atom. The molecule has 0 saturated carbocycles. The first kappa shape index (κ1) is 15.7. The van der Waals surface area contributed by atoms with Gasteiger partial charge in [-0.25, -0.2) is 0 Å². The van der Waals surface area contributed by atoms with Crippen molar-refractivity contribution in [3.8, 4) is 11.5 Å². The van der Waals surface area contributed by atoms with Gasteiger partial charge in [-0.05, 0) is 24.3 Å². The molecule has 0 atom stereocenters. The van der Waals surface area contributed by atoms with Gasteiger partial charge in [0.05, 0.1) is 40.4 Å². The van der Waals surface area contributed by atoms with Gasteiger partial charge in [0.1, 0.15) is 18.0 Å². The highest BCUT2D eigenvalue weighted by Gasteiger charge is 2.21. The average Bonchev–Trinajstić information content (AvgIpc) is 2.63. The van der Waals surface area contributed by atoms with E-state index in [-0.39, 0.29) is 0 Å². The zero-order valence-corrected chi connectivity index (χ0v) is 13.9. The van der Waals surface area contributed by atoms with Crippen LogP contribution in [0.1, 0.15) is 5.56 Å². The number of para-hydroxylation sites is 1. The largest absolute Gasteiger partial charge is 0.497 e. The predicted octanol–water partition coefficient (Wildman–Crippen LogP) is 1.61. The molecule has 3 rings (SSSR count). The summed E-state index contributed by atoms with van der Waals surface area (Å²) in [7, 11) is 3.41. The Balaban J connectivity index is 1.61. The van der Waals surface area contributed by atoms with Crippen LogP contribution < -0.4 is 19.3 Å². The molecule has 4 heteroatoms. The molecule has 1 fully saturated rings. The van der Waals surface area contributed by atoms with E-state index in [0.29, 0.717) is 0 Å². The third-order valence-electron chi connectivity index (χ3n) is 4.53. The van der Waals surface area contributed by atoms with Crippen LogP contribution in [-0.4, -0.2) is 40.4 Å². The number of anilines is 1. The summed E-state index contributed by atoms with van der Waals surface area (Å²) in [5.41, 5.74) is 2.57. The molecule has 0 spiro atoms. The second-order valence-corrected chi connectivity index (χ2v) is 5.93. The van der Waals surface area contributed by atoms with Gasteiger partial charge in [0.25, 0.3) is 0 Å². The Morgan fingerprint density at radius 3 is 2.35 bits per heavy atom. The van der Waals surface area contributed by atoms with Crippen LogP contribution in [0.2, 0.25) is 0 Å². The fourth-order valence-corrected chi connectivity index (χ4v) is 3.16. The van der Waals surface area contributed by atoms with Crippen LogP contribution in [0.5, 0.6) is 11.5 Å². The summed E-state index contributed by atoms with van der Waals surface area (Å²) in [6.07, 6.45) is 0. The lowest BCUT2D eigenvalue weighted by Crippen LogP contribution is -3.13. The number of benzene rings is 2. The number of hydrogen-bond acceptors (Lipinski definition) is 3. The van der Waals surface area contributed by atoms with Crippen molar-refractivity contribution in [1.29, 1.82) is 0 Å². The molecule has 1 aliphatic rings. The van der Waals surface area contributed by atoms with E-state index in [2.05, 4.69) is 41.3 Å². The molecule has 122 valence electrons. The number of hydrogen-bond donors (Lipinski definition) is 1. The van der Waals surface area contributed by atoms with Crippen molar-refractivity contribution in [3.05, 3.63) is 54.1 Å². The minimum Gasteiger partial charge on any atom is -0.497 e. The van der Waals surface area contributed by atoms with E-state index in [0.717, 1.165) is 44.2 Å². The highest BCUT2D eigenvalue weighted by Crippen LogP contribution is 2.24. The molecule has 0 radical (unpaired) electrons. The maximum atomic E-state index is 5.52. The van der Waals surface area contributed by atoms with Crippen LogP contribution in [0.4, 0.5) is 5.69 Å². The highest BCUT2D eigenvalue weighted by atomic mass is 16.5. The first-order valence-corrected chi connectivity index (χ1v) is 8.14. The third-order valence-corrected chi connectivity index (χ3v) is 4.53. The first-order valence-electron chi connectivity index (χ1n) is 8.14. The summed E-state index contributed by atoms with van der Waals surface area (Å²) in [6.45, 7) is 5.47. The van der Waals surface area contributed by atoms with E-state index in [1.165, 1.54) is 11.3 Å². The van der Waals surface area contributed by atoms with Gasteiger partial charge in [-0.15, -0.1) is 0 Å². The van der Waals surface area contributed by atoms with E-state index < -0.39 is 0 Å². The molecule has 2 aromatic rings. The molecule has 1 N–H and O–H groups in total. The number of nitrogens with zero attached hydrogens (tertiary/aromatic N) is 1. The molecule has 0 aromatic heterocycles. The van der Waals surface area contributed by atoms with Crippen molar-refractivity contribution < 1.29 is 14.4 Å². The van der Waals surface area contributed by atoms with E-state index in [9.17, 15) is 0 Å². The molecule has 1 aliphatic heterocycles. The molecule has 23 heavy (non-hydrogen) atoms. The summed E-state index contributed by atoms with van der Waals surface area (Å²) in [4.78, 5) is 4.06. The maximum Gasteiger partial charge on any atom is 0.131 e. The third kappa shape index (κ3) is 3.77. The molecular weight excluding hydrogens is 288 g/mol. The lowest BCUT2D eigenvalue weighted by Gasteiger charge is -2.33. The zero-order chi connectivity index (χ0) is 16.1. The molecule has 1 heterocycles. The first-order chi connectivity index (χ1) is 11.3. The van der Waals surface area contributed by atoms with Gasteiger partial charge in [0.15, 0.2) is 0 Å². The van der Waals surface area contributed by atoms with Gasteiger partial charge in [-0.3, -0.25) is 0 Å². The Labute approximate surface area is 138 Å². The van der Waals surface area contributed by atoms with Crippen molar-refractivity contribution in [2.45, 2.75) is 6.54 Å². The van der Waals surface area contributed by atoms with E-state index in [1.54, 1.807) is 19.1 Å². The van der Waals surface area contributed by atoms with Gasteiger partial charge in [-0.1, -0.05) is 18.2 Å². The lowest BCUT2D eigenvalue weighted by atomic mass is 10.1. The minimum absolute atomic E-state index is 0.842. The Kier molecular flexibility index (Phi) is 5.03. The molecule has 0 bridgehead atoms. The maximum absolute atomic E-state index is 5.52.